The highest BCUT2D eigenvalue weighted by Gasteiger charge is 2.21. The first kappa shape index (κ1) is 13.1. The normalized spacial score (nSPS) is 13.9. The highest BCUT2D eigenvalue weighted by atomic mass is 79.9. The molecule has 0 radical (unpaired) electrons. The predicted octanol–water partition coefficient (Wildman–Crippen LogP) is 5.08. The summed E-state index contributed by atoms with van der Waals surface area (Å²) < 4.78 is 0. The molecule has 2 heteroatoms. The van der Waals surface area contributed by atoms with E-state index in [1.165, 1.54) is 5.56 Å². The second-order valence-electron chi connectivity index (χ2n) is 4.92. The van der Waals surface area contributed by atoms with Gasteiger partial charge in [0.2, 0.25) is 0 Å². The maximum absolute atomic E-state index is 6.16. The standard InChI is InChI=1S/C13H18BrCl/c1-10(14)8-13(2,3)9-11-6-4-5-7-12(11)15/h4-7,10H,8-9H2,1-3H3. The maximum Gasteiger partial charge on any atom is 0.0438 e. The van der Waals surface area contributed by atoms with Crippen LogP contribution in [0.3, 0.4) is 0 Å². The summed E-state index contributed by atoms with van der Waals surface area (Å²) in [7, 11) is 0. The molecule has 0 N–H and O–H groups in total. The number of benzene rings is 1. The van der Waals surface area contributed by atoms with E-state index >= 15 is 0 Å². The van der Waals surface area contributed by atoms with Gasteiger partial charge in [-0.05, 0) is 29.9 Å². The van der Waals surface area contributed by atoms with Crippen LogP contribution in [0.15, 0.2) is 24.3 Å². The van der Waals surface area contributed by atoms with Crippen molar-refractivity contribution in [3.8, 4) is 0 Å². The third-order valence-electron chi connectivity index (χ3n) is 2.46. The highest BCUT2D eigenvalue weighted by Crippen LogP contribution is 2.31. The van der Waals surface area contributed by atoms with E-state index in [2.05, 4.69) is 48.8 Å². The fraction of sp³-hybridized carbons (Fsp3) is 0.538. The van der Waals surface area contributed by atoms with Crippen LogP contribution in [-0.2, 0) is 6.42 Å². The first-order valence-corrected chi connectivity index (χ1v) is 6.57. The summed E-state index contributed by atoms with van der Waals surface area (Å²) >= 11 is 9.76. The average molecular weight is 290 g/mol. The van der Waals surface area contributed by atoms with Crippen molar-refractivity contribution in [3.63, 3.8) is 0 Å². The van der Waals surface area contributed by atoms with Crippen LogP contribution in [0.1, 0.15) is 32.8 Å². The van der Waals surface area contributed by atoms with Crippen molar-refractivity contribution in [2.24, 2.45) is 5.41 Å². The Hall–Kier alpha value is -0.0100. The van der Waals surface area contributed by atoms with Gasteiger partial charge in [0.15, 0.2) is 0 Å². The number of rotatable bonds is 4. The summed E-state index contributed by atoms with van der Waals surface area (Å²) in [6.07, 6.45) is 2.18. The molecule has 0 fully saturated rings. The first-order valence-electron chi connectivity index (χ1n) is 5.28. The van der Waals surface area contributed by atoms with Crippen molar-refractivity contribution in [1.82, 2.24) is 0 Å². The average Bonchev–Trinajstić information content (AvgIpc) is 2.06. The molecular weight excluding hydrogens is 271 g/mol. The Kier molecular flexibility index (Phi) is 4.66. The van der Waals surface area contributed by atoms with Crippen LogP contribution in [0.25, 0.3) is 0 Å². The largest absolute Gasteiger partial charge is 0.0893 e. The molecule has 0 aliphatic heterocycles. The van der Waals surface area contributed by atoms with Crippen LogP contribution in [0.4, 0.5) is 0 Å². The Bertz CT molecular complexity index is 318. The Morgan fingerprint density at radius 2 is 1.93 bits per heavy atom. The summed E-state index contributed by atoms with van der Waals surface area (Å²) in [5, 5.41) is 0.882. The second-order valence-corrected chi connectivity index (χ2v) is 6.89. The van der Waals surface area contributed by atoms with E-state index in [9.17, 15) is 0 Å². The molecule has 1 unspecified atom stereocenters. The van der Waals surface area contributed by atoms with Gasteiger partial charge in [0.05, 0.1) is 0 Å². The minimum absolute atomic E-state index is 0.286. The molecule has 0 heterocycles. The fourth-order valence-corrected chi connectivity index (χ4v) is 3.07. The molecule has 1 atom stereocenters. The van der Waals surface area contributed by atoms with Crippen LogP contribution in [0.2, 0.25) is 5.02 Å². The molecule has 84 valence electrons. The van der Waals surface area contributed by atoms with Crippen molar-refractivity contribution in [2.45, 2.75) is 38.4 Å². The number of alkyl halides is 1. The van der Waals surface area contributed by atoms with Crippen molar-refractivity contribution >= 4 is 27.5 Å². The quantitative estimate of drug-likeness (QED) is 0.678. The zero-order valence-electron chi connectivity index (χ0n) is 9.56. The Balaban J connectivity index is 2.73. The summed E-state index contributed by atoms with van der Waals surface area (Å²) in [5.41, 5.74) is 1.53. The highest BCUT2D eigenvalue weighted by molar-refractivity contribution is 9.09. The van der Waals surface area contributed by atoms with Crippen molar-refractivity contribution in [2.75, 3.05) is 0 Å². The molecule has 0 aliphatic rings. The lowest BCUT2D eigenvalue weighted by Crippen LogP contribution is -2.18. The third-order valence-corrected chi connectivity index (χ3v) is 3.15. The summed E-state index contributed by atoms with van der Waals surface area (Å²) in [4.78, 5) is 0.551. The number of hydrogen-bond acceptors (Lipinski definition) is 0. The first-order chi connectivity index (χ1) is 6.91. The van der Waals surface area contributed by atoms with Crippen molar-refractivity contribution in [3.05, 3.63) is 34.9 Å². The molecule has 0 saturated carbocycles. The monoisotopic (exact) mass is 288 g/mol. The van der Waals surface area contributed by atoms with E-state index in [1.807, 2.05) is 12.1 Å². The van der Waals surface area contributed by atoms with Gasteiger partial charge in [-0.1, -0.05) is 66.5 Å². The smallest absolute Gasteiger partial charge is 0.0438 e. The number of hydrogen-bond donors (Lipinski definition) is 0. The van der Waals surface area contributed by atoms with E-state index in [1.54, 1.807) is 0 Å². The molecule has 1 rings (SSSR count). The van der Waals surface area contributed by atoms with E-state index < -0.39 is 0 Å². The number of halogens is 2. The van der Waals surface area contributed by atoms with Gasteiger partial charge in [-0.2, -0.15) is 0 Å². The van der Waals surface area contributed by atoms with Gasteiger partial charge in [0.25, 0.3) is 0 Å². The van der Waals surface area contributed by atoms with Crippen LogP contribution in [-0.4, -0.2) is 4.83 Å². The molecule has 0 aliphatic carbocycles. The predicted molar refractivity (Wildman–Crippen MR) is 71.9 cm³/mol. The zero-order chi connectivity index (χ0) is 11.5. The lowest BCUT2D eigenvalue weighted by Gasteiger charge is -2.26. The molecule has 1 aromatic rings. The Labute approximate surface area is 106 Å². The maximum atomic E-state index is 6.16. The Morgan fingerprint density at radius 3 is 2.47 bits per heavy atom. The lowest BCUT2D eigenvalue weighted by molar-refractivity contribution is 0.335. The summed E-state index contributed by atoms with van der Waals surface area (Å²) in [5.74, 6) is 0. The molecule has 15 heavy (non-hydrogen) atoms. The van der Waals surface area contributed by atoms with Crippen molar-refractivity contribution in [1.29, 1.82) is 0 Å². The molecule has 1 aromatic carbocycles. The lowest BCUT2D eigenvalue weighted by atomic mass is 9.82. The summed E-state index contributed by atoms with van der Waals surface area (Å²) in [6.45, 7) is 6.76. The minimum Gasteiger partial charge on any atom is -0.0893 e. The van der Waals surface area contributed by atoms with Crippen LogP contribution in [0.5, 0.6) is 0 Å². The SMILES string of the molecule is CC(Br)CC(C)(C)Cc1ccccc1Cl. The fourth-order valence-electron chi connectivity index (χ4n) is 1.99. The van der Waals surface area contributed by atoms with Gasteiger partial charge in [-0.15, -0.1) is 0 Å². The van der Waals surface area contributed by atoms with E-state index in [-0.39, 0.29) is 5.41 Å². The van der Waals surface area contributed by atoms with Crippen molar-refractivity contribution < 1.29 is 0 Å². The van der Waals surface area contributed by atoms with Gasteiger partial charge < -0.3 is 0 Å². The molecule has 0 aromatic heterocycles. The van der Waals surface area contributed by atoms with E-state index in [4.69, 9.17) is 11.6 Å². The molecule has 0 amide bonds. The van der Waals surface area contributed by atoms with E-state index in [0.29, 0.717) is 4.83 Å². The van der Waals surface area contributed by atoms with Gasteiger partial charge >= 0.3 is 0 Å². The van der Waals surface area contributed by atoms with Gasteiger partial charge in [0, 0.05) is 9.85 Å². The zero-order valence-corrected chi connectivity index (χ0v) is 11.9. The second kappa shape index (κ2) is 5.36. The molecule has 0 nitrogen and oxygen atoms in total. The van der Waals surface area contributed by atoms with Crippen LogP contribution < -0.4 is 0 Å². The topological polar surface area (TPSA) is 0 Å². The van der Waals surface area contributed by atoms with Gasteiger partial charge in [-0.25, -0.2) is 0 Å². The minimum atomic E-state index is 0.286. The Morgan fingerprint density at radius 1 is 1.33 bits per heavy atom. The molecular formula is C13H18BrCl. The molecule has 0 saturated heterocycles. The van der Waals surface area contributed by atoms with Gasteiger partial charge in [0.1, 0.15) is 0 Å². The van der Waals surface area contributed by atoms with Crippen LogP contribution in [0, 0.1) is 5.41 Å². The summed E-state index contributed by atoms with van der Waals surface area (Å²) in [6, 6.07) is 8.11. The third kappa shape index (κ3) is 4.56. The van der Waals surface area contributed by atoms with Gasteiger partial charge in [-0.3, -0.25) is 0 Å². The molecule has 0 spiro atoms. The van der Waals surface area contributed by atoms with E-state index in [0.717, 1.165) is 17.9 Å². The molecule has 0 bridgehead atoms. The van der Waals surface area contributed by atoms with Crippen LogP contribution >= 0.6 is 27.5 Å².